The van der Waals surface area contributed by atoms with E-state index in [0.29, 0.717) is 5.75 Å². The van der Waals surface area contributed by atoms with Gasteiger partial charge in [-0.1, -0.05) is 12.1 Å². The van der Waals surface area contributed by atoms with Gasteiger partial charge in [0.05, 0.1) is 7.11 Å². The maximum atomic E-state index is 11.5. The molecule has 18 heavy (non-hydrogen) atoms. The maximum Gasteiger partial charge on any atom is 0.179 e. The first kappa shape index (κ1) is 14.6. The van der Waals surface area contributed by atoms with E-state index in [1.807, 2.05) is 31.3 Å². The van der Waals surface area contributed by atoms with Crippen molar-refractivity contribution in [2.75, 3.05) is 27.5 Å². The van der Waals surface area contributed by atoms with Crippen LogP contribution in [-0.2, 0) is 16.3 Å². The van der Waals surface area contributed by atoms with Crippen LogP contribution in [-0.4, -0.2) is 40.8 Å². The Bertz CT molecular complexity index is 533. The fourth-order valence-electron chi connectivity index (χ4n) is 1.54. The second-order valence-corrected chi connectivity index (χ2v) is 6.29. The number of sulfone groups is 1. The Morgan fingerprint density at radius 1 is 1.33 bits per heavy atom. The molecule has 0 fully saturated rings. The minimum atomic E-state index is -3.25. The molecule has 0 N–H and O–H groups in total. The molecule has 0 heterocycles. The molecule has 0 saturated carbocycles. The molecule has 1 aromatic carbocycles. The van der Waals surface area contributed by atoms with Crippen LogP contribution in [0.25, 0.3) is 0 Å². The third kappa shape index (κ3) is 4.07. The third-order valence-corrected chi connectivity index (χ3v) is 3.52. The average molecular weight is 269 g/mol. The van der Waals surface area contributed by atoms with Crippen molar-refractivity contribution in [2.45, 2.75) is 11.3 Å². The zero-order chi connectivity index (χ0) is 13.8. The van der Waals surface area contributed by atoms with E-state index in [2.05, 4.69) is 0 Å². The summed E-state index contributed by atoms with van der Waals surface area (Å²) in [7, 11) is 2.12. The number of allylic oxidation sites excluding steroid dienone is 1. The molecule has 1 rings (SSSR count). The van der Waals surface area contributed by atoms with Crippen molar-refractivity contribution in [3.63, 3.8) is 0 Å². The van der Waals surface area contributed by atoms with Gasteiger partial charge in [-0.15, -0.1) is 0 Å². The molecule has 0 aliphatic carbocycles. The Hall–Kier alpha value is -1.49. The summed E-state index contributed by atoms with van der Waals surface area (Å²) in [5, 5.41) is 0. The van der Waals surface area contributed by atoms with Crippen LogP contribution in [0.1, 0.15) is 5.56 Å². The van der Waals surface area contributed by atoms with Gasteiger partial charge in [-0.25, -0.2) is 8.42 Å². The summed E-state index contributed by atoms with van der Waals surface area (Å²) in [5.74, 6) is 0.397. The predicted molar refractivity (Wildman–Crippen MR) is 72.6 cm³/mol. The van der Waals surface area contributed by atoms with E-state index in [9.17, 15) is 8.42 Å². The molecule has 0 aromatic heterocycles. The zero-order valence-electron chi connectivity index (χ0n) is 11.2. The molecule has 4 nitrogen and oxygen atoms in total. The standard InChI is InChI=1S/C13H19NO3S/c1-14(2)9-5-6-11-7-8-13(18(4,15)16)12(10-11)17-3/h5,7-10H,6H2,1-4H3/b9-5+. The Morgan fingerprint density at radius 3 is 2.50 bits per heavy atom. The topological polar surface area (TPSA) is 46.6 Å². The van der Waals surface area contributed by atoms with Gasteiger partial charge < -0.3 is 9.64 Å². The SMILES string of the molecule is COc1cc(C/C=C/N(C)C)ccc1S(C)(=O)=O. The van der Waals surface area contributed by atoms with Gasteiger partial charge in [-0.05, 0) is 30.3 Å². The summed E-state index contributed by atoms with van der Waals surface area (Å²) in [6.45, 7) is 0. The number of ether oxygens (including phenoxy) is 1. The largest absolute Gasteiger partial charge is 0.495 e. The van der Waals surface area contributed by atoms with E-state index >= 15 is 0 Å². The van der Waals surface area contributed by atoms with E-state index in [-0.39, 0.29) is 4.90 Å². The average Bonchev–Trinajstić information content (AvgIpc) is 2.26. The summed E-state index contributed by atoms with van der Waals surface area (Å²) in [6, 6.07) is 5.16. The molecule has 100 valence electrons. The third-order valence-electron chi connectivity index (χ3n) is 2.38. The van der Waals surface area contributed by atoms with Crippen molar-refractivity contribution < 1.29 is 13.2 Å². The molecule has 0 radical (unpaired) electrons. The van der Waals surface area contributed by atoms with Gasteiger partial charge in [-0.2, -0.15) is 0 Å². The monoisotopic (exact) mass is 269 g/mol. The van der Waals surface area contributed by atoms with Crippen molar-refractivity contribution in [1.29, 1.82) is 0 Å². The highest BCUT2D eigenvalue weighted by atomic mass is 32.2. The molecule has 0 atom stereocenters. The normalized spacial score (nSPS) is 11.8. The highest BCUT2D eigenvalue weighted by Gasteiger charge is 2.13. The predicted octanol–water partition coefficient (Wildman–Crippen LogP) is 1.72. The molecule has 0 bridgehead atoms. The molecule has 0 saturated heterocycles. The van der Waals surface area contributed by atoms with Crippen molar-refractivity contribution >= 4 is 9.84 Å². The van der Waals surface area contributed by atoms with Crippen LogP contribution in [0.2, 0.25) is 0 Å². The molecule has 0 aliphatic heterocycles. The molecule has 1 aromatic rings. The first-order valence-corrected chi connectivity index (χ1v) is 7.44. The van der Waals surface area contributed by atoms with Crippen LogP contribution >= 0.6 is 0 Å². The van der Waals surface area contributed by atoms with Crippen molar-refractivity contribution in [1.82, 2.24) is 4.90 Å². The summed E-state index contributed by atoms with van der Waals surface area (Å²) < 4.78 is 28.2. The lowest BCUT2D eigenvalue weighted by Crippen LogP contribution is -2.02. The lowest BCUT2D eigenvalue weighted by Gasteiger charge is -2.08. The second kappa shape index (κ2) is 5.91. The van der Waals surface area contributed by atoms with Gasteiger partial charge in [-0.3, -0.25) is 0 Å². The van der Waals surface area contributed by atoms with Crippen LogP contribution in [0.3, 0.4) is 0 Å². The van der Waals surface area contributed by atoms with Gasteiger partial charge in [0.2, 0.25) is 0 Å². The molecule has 5 heteroatoms. The van der Waals surface area contributed by atoms with Gasteiger partial charge in [0.1, 0.15) is 10.6 Å². The highest BCUT2D eigenvalue weighted by Crippen LogP contribution is 2.25. The highest BCUT2D eigenvalue weighted by molar-refractivity contribution is 7.90. The summed E-state index contributed by atoms with van der Waals surface area (Å²) >= 11 is 0. The van der Waals surface area contributed by atoms with Crippen molar-refractivity contribution in [3.05, 3.63) is 36.0 Å². The van der Waals surface area contributed by atoms with Crippen molar-refractivity contribution in [2.24, 2.45) is 0 Å². The Balaban J connectivity index is 3.00. The Morgan fingerprint density at radius 2 is 2.00 bits per heavy atom. The summed E-state index contributed by atoms with van der Waals surface area (Å²) in [4.78, 5) is 2.17. The van der Waals surface area contributed by atoms with Crippen LogP contribution in [0.4, 0.5) is 0 Å². The van der Waals surface area contributed by atoms with Crippen LogP contribution < -0.4 is 4.74 Å². The van der Waals surface area contributed by atoms with E-state index in [1.54, 1.807) is 18.2 Å². The second-order valence-electron chi connectivity index (χ2n) is 4.31. The minimum Gasteiger partial charge on any atom is -0.495 e. The van der Waals surface area contributed by atoms with E-state index in [4.69, 9.17) is 4.74 Å². The fraction of sp³-hybridized carbons (Fsp3) is 0.385. The molecule has 0 aliphatic rings. The maximum absolute atomic E-state index is 11.5. The van der Waals surface area contributed by atoms with E-state index in [1.165, 1.54) is 13.4 Å². The molecule has 0 unspecified atom stereocenters. The van der Waals surface area contributed by atoms with Gasteiger partial charge in [0, 0.05) is 20.4 Å². The number of benzene rings is 1. The molecular formula is C13H19NO3S. The van der Waals surface area contributed by atoms with Gasteiger partial charge in [0.15, 0.2) is 9.84 Å². The van der Waals surface area contributed by atoms with Crippen LogP contribution in [0.5, 0.6) is 5.75 Å². The number of methoxy groups -OCH3 is 1. The quantitative estimate of drug-likeness (QED) is 0.816. The number of hydrogen-bond donors (Lipinski definition) is 0. The molecule has 0 amide bonds. The van der Waals surface area contributed by atoms with E-state index < -0.39 is 9.84 Å². The molecule has 0 spiro atoms. The number of hydrogen-bond acceptors (Lipinski definition) is 4. The summed E-state index contributed by atoms with van der Waals surface area (Å²) in [6.07, 6.45) is 5.88. The minimum absolute atomic E-state index is 0.227. The Kier molecular flexibility index (Phi) is 4.78. The number of rotatable bonds is 5. The summed E-state index contributed by atoms with van der Waals surface area (Å²) in [5.41, 5.74) is 1.01. The lowest BCUT2D eigenvalue weighted by molar-refractivity contribution is 0.402. The smallest absolute Gasteiger partial charge is 0.179 e. The first-order chi connectivity index (χ1) is 8.34. The van der Waals surface area contributed by atoms with Gasteiger partial charge in [0.25, 0.3) is 0 Å². The zero-order valence-corrected chi connectivity index (χ0v) is 12.0. The van der Waals surface area contributed by atoms with Gasteiger partial charge >= 0.3 is 0 Å². The van der Waals surface area contributed by atoms with E-state index in [0.717, 1.165) is 12.0 Å². The Labute approximate surface area is 109 Å². The van der Waals surface area contributed by atoms with Crippen LogP contribution in [0.15, 0.2) is 35.4 Å². The van der Waals surface area contributed by atoms with Crippen molar-refractivity contribution in [3.8, 4) is 5.75 Å². The first-order valence-electron chi connectivity index (χ1n) is 5.54. The molecular weight excluding hydrogens is 250 g/mol. The lowest BCUT2D eigenvalue weighted by atomic mass is 10.1. The van der Waals surface area contributed by atoms with Crippen LogP contribution in [0, 0.1) is 0 Å². The number of nitrogens with zero attached hydrogens (tertiary/aromatic N) is 1. The fourth-order valence-corrected chi connectivity index (χ4v) is 2.37.